The molecule has 0 heterocycles. The molecule has 1 N–H and O–H groups in total. The third-order valence-electron chi connectivity index (χ3n) is 9.45. The summed E-state index contributed by atoms with van der Waals surface area (Å²) < 4.78 is 11.1. The summed E-state index contributed by atoms with van der Waals surface area (Å²) in [6.45, 7) is 6.46. The minimum absolute atomic E-state index is 0.0879. The van der Waals surface area contributed by atoms with E-state index in [9.17, 15) is 14.7 Å². The molecule has 0 aromatic heterocycles. The van der Waals surface area contributed by atoms with Crippen molar-refractivity contribution in [2.75, 3.05) is 19.8 Å². The van der Waals surface area contributed by atoms with Gasteiger partial charge in [0.25, 0.3) is 0 Å². The van der Waals surface area contributed by atoms with Crippen molar-refractivity contribution in [3.8, 4) is 0 Å². The number of unbranched alkanes of at least 4 members (excludes halogenated alkanes) is 22. The van der Waals surface area contributed by atoms with Crippen LogP contribution in [0.1, 0.15) is 207 Å². The topological polar surface area (TPSA) is 72.8 Å². The first kappa shape index (κ1) is 45.4. The van der Waals surface area contributed by atoms with Gasteiger partial charge in [0.1, 0.15) is 13.2 Å². The molecule has 0 radical (unpaired) electrons. The quantitative estimate of drug-likeness (QED) is 0.0410. The van der Waals surface area contributed by atoms with E-state index in [0.29, 0.717) is 19.3 Å². The van der Waals surface area contributed by atoms with Crippen LogP contribution in [0.25, 0.3) is 0 Å². The van der Waals surface area contributed by atoms with Gasteiger partial charge >= 0.3 is 11.9 Å². The average Bonchev–Trinajstić information content (AvgIpc) is 3.08. The lowest BCUT2D eigenvalue weighted by Gasteiger charge is -2.29. The molecule has 5 nitrogen and oxygen atoms in total. The van der Waals surface area contributed by atoms with Crippen LogP contribution in [0, 0.1) is 5.41 Å². The molecule has 0 spiro atoms. The van der Waals surface area contributed by atoms with E-state index in [1.54, 1.807) is 0 Å². The number of hydrogen-bond acceptors (Lipinski definition) is 5. The molecule has 0 unspecified atom stereocenters. The number of ether oxygens (including phenoxy) is 2. The van der Waals surface area contributed by atoms with Gasteiger partial charge in [0.05, 0.1) is 12.0 Å². The first-order valence-corrected chi connectivity index (χ1v) is 20.3. The van der Waals surface area contributed by atoms with Crippen LogP contribution in [-0.4, -0.2) is 36.9 Å². The molecule has 0 atom stereocenters. The van der Waals surface area contributed by atoms with Crippen molar-refractivity contribution in [1.82, 2.24) is 0 Å². The molecule has 0 fully saturated rings. The Labute approximate surface area is 292 Å². The molecule has 0 amide bonds. The molecule has 276 valence electrons. The molecule has 0 aliphatic heterocycles. The summed E-state index contributed by atoms with van der Waals surface area (Å²) in [5.74, 6) is -0.456. The number of allylic oxidation sites excluding steroid dienone is 4. The predicted molar refractivity (Wildman–Crippen MR) is 201 cm³/mol. The highest BCUT2D eigenvalue weighted by atomic mass is 16.5. The Morgan fingerprint density at radius 3 is 1.06 bits per heavy atom. The summed E-state index contributed by atoms with van der Waals surface area (Å²) in [7, 11) is 0. The van der Waals surface area contributed by atoms with Gasteiger partial charge in [0.2, 0.25) is 0 Å². The van der Waals surface area contributed by atoms with Crippen molar-refractivity contribution in [1.29, 1.82) is 0 Å². The Balaban J connectivity index is 3.81. The molecule has 0 aromatic rings. The lowest BCUT2D eigenvalue weighted by Crippen LogP contribution is -2.37. The van der Waals surface area contributed by atoms with Crippen molar-refractivity contribution in [2.24, 2.45) is 5.41 Å². The highest BCUT2D eigenvalue weighted by molar-refractivity contribution is 5.69. The van der Waals surface area contributed by atoms with Crippen LogP contribution in [-0.2, 0) is 19.1 Å². The molecule has 0 aromatic carbocycles. The normalized spacial score (nSPS) is 12.0. The molecular weight excluding hydrogens is 584 g/mol. The van der Waals surface area contributed by atoms with Crippen LogP contribution in [0.15, 0.2) is 24.3 Å². The van der Waals surface area contributed by atoms with E-state index in [-0.39, 0.29) is 31.8 Å². The number of esters is 2. The Hall–Kier alpha value is -1.62. The highest BCUT2D eigenvalue weighted by Crippen LogP contribution is 2.23. The molecule has 0 rings (SSSR count). The minimum atomic E-state index is -0.726. The summed E-state index contributed by atoms with van der Waals surface area (Å²) in [6, 6.07) is 0. The Kier molecular flexibility index (Phi) is 34.5. The fourth-order valence-electron chi connectivity index (χ4n) is 5.74. The Morgan fingerprint density at radius 2 is 0.766 bits per heavy atom. The lowest BCUT2D eigenvalue weighted by molar-refractivity contribution is -0.156. The van der Waals surface area contributed by atoms with Gasteiger partial charge < -0.3 is 14.6 Å². The first-order chi connectivity index (χ1) is 23.0. The summed E-state index contributed by atoms with van der Waals surface area (Å²) in [6.07, 6.45) is 42.5. The van der Waals surface area contributed by atoms with Crippen molar-refractivity contribution in [3.05, 3.63) is 24.3 Å². The van der Waals surface area contributed by atoms with E-state index < -0.39 is 5.41 Å². The maximum atomic E-state index is 12.3. The van der Waals surface area contributed by atoms with Crippen LogP contribution in [0.2, 0.25) is 0 Å². The Bertz CT molecular complexity index is 681. The van der Waals surface area contributed by atoms with Gasteiger partial charge in [-0.1, -0.05) is 148 Å². The zero-order valence-electron chi connectivity index (χ0n) is 31.5. The van der Waals surface area contributed by atoms with Gasteiger partial charge in [0.15, 0.2) is 0 Å². The average molecular weight is 663 g/mol. The smallest absolute Gasteiger partial charge is 0.305 e. The molecule has 5 heteroatoms. The van der Waals surface area contributed by atoms with Crippen molar-refractivity contribution in [3.63, 3.8) is 0 Å². The summed E-state index contributed by atoms with van der Waals surface area (Å²) in [5.41, 5.74) is -0.726. The van der Waals surface area contributed by atoms with Crippen molar-refractivity contribution >= 4 is 11.9 Å². The second-order valence-electron chi connectivity index (χ2n) is 14.0. The molecule has 0 aliphatic carbocycles. The zero-order chi connectivity index (χ0) is 34.5. The van der Waals surface area contributed by atoms with Crippen LogP contribution < -0.4 is 0 Å². The van der Waals surface area contributed by atoms with Gasteiger partial charge in [-0.25, -0.2) is 0 Å². The summed E-state index contributed by atoms with van der Waals surface area (Å²) in [5, 5.41) is 10.0. The van der Waals surface area contributed by atoms with Crippen LogP contribution in [0.4, 0.5) is 0 Å². The van der Waals surface area contributed by atoms with Gasteiger partial charge in [-0.05, 0) is 70.6 Å². The molecule has 0 saturated heterocycles. The van der Waals surface area contributed by atoms with E-state index >= 15 is 0 Å². The van der Waals surface area contributed by atoms with Crippen molar-refractivity contribution < 1.29 is 24.2 Å². The molecular formula is C42H78O5. The third kappa shape index (κ3) is 31.4. The fraction of sp³-hybridized carbons (Fsp3) is 0.857. The molecule has 0 aliphatic rings. The van der Waals surface area contributed by atoms with Gasteiger partial charge in [0, 0.05) is 12.8 Å². The second kappa shape index (κ2) is 35.7. The molecule has 47 heavy (non-hydrogen) atoms. The minimum Gasteiger partial charge on any atom is -0.465 e. The number of hydrogen-bond donors (Lipinski definition) is 1. The van der Waals surface area contributed by atoms with Gasteiger partial charge in [-0.15, -0.1) is 0 Å². The second-order valence-corrected chi connectivity index (χ2v) is 14.0. The van der Waals surface area contributed by atoms with E-state index in [2.05, 4.69) is 38.2 Å². The number of rotatable bonds is 36. The van der Waals surface area contributed by atoms with E-state index in [0.717, 1.165) is 51.4 Å². The number of carbonyl (C=O) groups excluding carboxylic acids is 2. The number of aliphatic hydroxyl groups is 1. The van der Waals surface area contributed by atoms with E-state index in [1.807, 2.05) is 6.92 Å². The third-order valence-corrected chi connectivity index (χ3v) is 9.45. The highest BCUT2D eigenvalue weighted by Gasteiger charge is 2.31. The monoisotopic (exact) mass is 663 g/mol. The maximum absolute atomic E-state index is 12.3. The molecule has 0 saturated carbocycles. The van der Waals surface area contributed by atoms with Crippen LogP contribution >= 0.6 is 0 Å². The van der Waals surface area contributed by atoms with Gasteiger partial charge in [-0.2, -0.15) is 0 Å². The number of carbonyl (C=O) groups is 2. The van der Waals surface area contributed by atoms with Gasteiger partial charge in [-0.3, -0.25) is 9.59 Å². The standard InChI is InChI=1S/C42H78O5/c1-4-7-9-11-13-15-17-19-21-23-25-27-29-31-33-35-40(44)46-38-42(6-3,37-43)39-47-41(45)36-34-32-30-28-26-24-22-20-18-16-14-12-10-8-5-2/h19-22,43H,4-18,23-39H2,1-3H3/b21-19+,22-20+. The van der Waals surface area contributed by atoms with Crippen molar-refractivity contribution in [2.45, 2.75) is 207 Å². The van der Waals surface area contributed by atoms with E-state index in [1.165, 1.54) is 116 Å². The van der Waals surface area contributed by atoms with E-state index in [4.69, 9.17) is 9.47 Å². The Morgan fingerprint density at radius 1 is 0.468 bits per heavy atom. The van der Waals surface area contributed by atoms with Crippen LogP contribution in [0.5, 0.6) is 0 Å². The maximum Gasteiger partial charge on any atom is 0.305 e. The fourth-order valence-corrected chi connectivity index (χ4v) is 5.74. The summed E-state index contributed by atoms with van der Waals surface area (Å²) >= 11 is 0. The molecule has 0 bridgehead atoms. The largest absolute Gasteiger partial charge is 0.465 e. The summed E-state index contributed by atoms with van der Waals surface area (Å²) in [4.78, 5) is 24.7. The lowest BCUT2D eigenvalue weighted by atomic mass is 9.88. The SMILES string of the molecule is CCCCCCCC/C=C/CCCCCCCC(=O)OCC(CC)(CO)COC(=O)CCCCCCC/C=C/CCCCCCCC. The van der Waals surface area contributed by atoms with Crippen LogP contribution in [0.3, 0.4) is 0 Å². The number of aliphatic hydroxyl groups excluding tert-OH is 1. The predicted octanol–water partition coefficient (Wildman–Crippen LogP) is 12.5. The first-order valence-electron chi connectivity index (χ1n) is 20.3. The zero-order valence-corrected chi connectivity index (χ0v) is 31.5.